The molecular formula is C31H38N4O4. The molecule has 3 aliphatic rings. The van der Waals surface area contributed by atoms with E-state index in [2.05, 4.69) is 35.1 Å². The Morgan fingerprint density at radius 3 is 2.74 bits per heavy atom. The third-order valence-electron chi connectivity index (χ3n) is 8.28. The van der Waals surface area contributed by atoms with Gasteiger partial charge in [0.1, 0.15) is 11.2 Å². The number of hydrogen-bond donors (Lipinski definition) is 1. The number of benzene rings is 1. The number of amides is 2. The number of pyridine rings is 1. The van der Waals surface area contributed by atoms with E-state index in [4.69, 9.17) is 9.47 Å². The van der Waals surface area contributed by atoms with Crippen molar-refractivity contribution in [3.05, 3.63) is 52.8 Å². The number of aryl methyl sites for hydroxylation is 1. The predicted octanol–water partition coefficient (Wildman–Crippen LogP) is 5.53. The molecule has 0 radical (unpaired) electrons. The average molecular weight is 531 g/mol. The first-order valence-corrected chi connectivity index (χ1v) is 14.1. The highest BCUT2D eigenvalue weighted by molar-refractivity contribution is 5.85. The van der Waals surface area contributed by atoms with Crippen LogP contribution in [0.15, 0.2) is 30.6 Å². The lowest BCUT2D eigenvalue weighted by Crippen LogP contribution is -2.41. The molecule has 6 rings (SSSR count). The van der Waals surface area contributed by atoms with Gasteiger partial charge in [-0.2, -0.15) is 0 Å². The lowest BCUT2D eigenvalue weighted by atomic mass is 9.86. The molecule has 2 aromatic heterocycles. The lowest BCUT2D eigenvalue weighted by molar-refractivity contribution is -0.136. The van der Waals surface area contributed by atoms with Gasteiger partial charge in [0.2, 0.25) is 5.91 Å². The van der Waals surface area contributed by atoms with E-state index in [1.54, 1.807) is 0 Å². The zero-order valence-electron chi connectivity index (χ0n) is 23.4. The number of likely N-dealkylation sites (tertiary alicyclic amines) is 1. The summed E-state index contributed by atoms with van der Waals surface area (Å²) in [6.07, 6.45) is 6.99. The second-order valence-corrected chi connectivity index (χ2v) is 12.2. The second-order valence-electron chi connectivity index (χ2n) is 12.2. The second kappa shape index (κ2) is 9.97. The number of aromatic nitrogens is 2. The Balaban J connectivity index is 1.41. The van der Waals surface area contributed by atoms with Crippen LogP contribution in [0.5, 0.6) is 0 Å². The summed E-state index contributed by atoms with van der Waals surface area (Å²) in [4.78, 5) is 38.4. The van der Waals surface area contributed by atoms with Crippen molar-refractivity contribution in [1.82, 2.24) is 19.8 Å². The maximum atomic E-state index is 13.3. The molecule has 0 bridgehead atoms. The third kappa shape index (κ3) is 5.02. The minimum atomic E-state index is -0.562. The molecule has 0 saturated carbocycles. The molecule has 8 nitrogen and oxygen atoms in total. The lowest BCUT2D eigenvalue weighted by Gasteiger charge is -2.35. The molecule has 3 aromatic rings. The highest BCUT2D eigenvalue weighted by atomic mass is 16.6. The van der Waals surface area contributed by atoms with E-state index in [1.165, 1.54) is 11.1 Å². The van der Waals surface area contributed by atoms with Crippen LogP contribution in [0, 0.1) is 12.8 Å². The molecule has 5 heterocycles. The maximum absolute atomic E-state index is 13.3. The first kappa shape index (κ1) is 25.9. The number of fused-ring (bicyclic) bond motifs is 2. The van der Waals surface area contributed by atoms with Crippen molar-refractivity contribution in [2.45, 2.75) is 71.6 Å². The van der Waals surface area contributed by atoms with Crippen molar-refractivity contribution in [2.75, 3.05) is 26.3 Å². The summed E-state index contributed by atoms with van der Waals surface area (Å²) < 4.78 is 11.3. The number of ether oxygens (including phenoxy) is 2. The van der Waals surface area contributed by atoms with Crippen molar-refractivity contribution >= 4 is 23.0 Å². The largest absolute Gasteiger partial charge is 0.444 e. The Kier molecular flexibility index (Phi) is 6.61. The van der Waals surface area contributed by atoms with Crippen LogP contribution in [0.2, 0.25) is 0 Å². The summed E-state index contributed by atoms with van der Waals surface area (Å²) in [5.74, 6) is 0.127. The average Bonchev–Trinajstić information content (AvgIpc) is 3.68. The zero-order chi connectivity index (χ0) is 27.3. The summed E-state index contributed by atoms with van der Waals surface area (Å²) in [6.45, 7) is 10.9. The van der Waals surface area contributed by atoms with Gasteiger partial charge in [0.05, 0.1) is 18.6 Å². The van der Waals surface area contributed by atoms with Crippen LogP contribution in [0.1, 0.15) is 68.3 Å². The topological polar surface area (TPSA) is 87.8 Å². The number of rotatable bonds is 3. The molecular weight excluding hydrogens is 492 g/mol. The third-order valence-corrected chi connectivity index (χ3v) is 8.28. The Hall–Kier alpha value is -3.39. The minimum absolute atomic E-state index is 0.0543. The molecule has 2 fully saturated rings. The van der Waals surface area contributed by atoms with E-state index in [0.29, 0.717) is 32.8 Å². The number of carbonyl (C=O) groups is 2. The van der Waals surface area contributed by atoms with Gasteiger partial charge in [0.15, 0.2) is 0 Å². The quantitative estimate of drug-likeness (QED) is 0.481. The first-order chi connectivity index (χ1) is 18.7. The molecule has 1 aromatic carbocycles. The van der Waals surface area contributed by atoms with Gasteiger partial charge in [-0.15, -0.1) is 0 Å². The summed E-state index contributed by atoms with van der Waals surface area (Å²) in [7, 11) is 0. The van der Waals surface area contributed by atoms with E-state index < -0.39 is 5.60 Å². The number of nitrogens with one attached hydrogen (secondary N) is 1. The summed E-state index contributed by atoms with van der Waals surface area (Å²) in [5, 5.41) is 1.11. The number of H-pyrrole nitrogens is 1. The molecule has 206 valence electrons. The van der Waals surface area contributed by atoms with Gasteiger partial charge >= 0.3 is 6.09 Å². The van der Waals surface area contributed by atoms with Crippen LogP contribution in [0.25, 0.3) is 22.2 Å². The van der Waals surface area contributed by atoms with Crippen LogP contribution in [0.3, 0.4) is 0 Å². The molecule has 39 heavy (non-hydrogen) atoms. The predicted molar refractivity (Wildman–Crippen MR) is 149 cm³/mol. The number of carbonyl (C=O) groups excluding carboxylic acids is 2. The van der Waals surface area contributed by atoms with Crippen molar-refractivity contribution in [3.63, 3.8) is 0 Å². The first-order valence-electron chi connectivity index (χ1n) is 14.1. The van der Waals surface area contributed by atoms with Gasteiger partial charge in [-0.3, -0.25) is 4.79 Å². The van der Waals surface area contributed by atoms with Crippen LogP contribution < -0.4 is 0 Å². The highest BCUT2D eigenvalue weighted by Crippen LogP contribution is 2.40. The van der Waals surface area contributed by atoms with E-state index in [-0.39, 0.29) is 24.0 Å². The molecule has 3 aliphatic heterocycles. The van der Waals surface area contributed by atoms with E-state index in [9.17, 15) is 9.59 Å². The Morgan fingerprint density at radius 1 is 1.13 bits per heavy atom. The van der Waals surface area contributed by atoms with Gasteiger partial charge in [0.25, 0.3) is 0 Å². The fraction of sp³-hybridized carbons (Fsp3) is 0.516. The SMILES string of the molecule is Cc1c[nH]c2ncc(-c3cc4c(c([C@@H]5CCCN5C(=O)OC(C)(C)C)c3)CN(C(=O)C3CCOC3)CC4)cc12. The van der Waals surface area contributed by atoms with Crippen LogP contribution >= 0.6 is 0 Å². The van der Waals surface area contributed by atoms with Crippen molar-refractivity contribution in [2.24, 2.45) is 5.92 Å². The van der Waals surface area contributed by atoms with Gasteiger partial charge in [0, 0.05) is 49.6 Å². The van der Waals surface area contributed by atoms with Crippen LogP contribution in [-0.2, 0) is 27.2 Å². The molecule has 0 aliphatic carbocycles. The van der Waals surface area contributed by atoms with Crippen LogP contribution in [0.4, 0.5) is 4.79 Å². The maximum Gasteiger partial charge on any atom is 0.410 e. The van der Waals surface area contributed by atoms with Crippen LogP contribution in [-0.4, -0.2) is 63.7 Å². The fourth-order valence-corrected chi connectivity index (χ4v) is 6.26. The number of nitrogens with zero attached hydrogens (tertiary/aromatic N) is 3. The van der Waals surface area contributed by atoms with Crippen molar-refractivity contribution < 1.29 is 19.1 Å². The van der Waals surface area contributed by atoms with Crippen molar-refractivity contribution in [1.29, 1.82) is 0 Å². The molecule has 2 amide bonds. The molecule has 2 saturated heterocycles. The summed E-state index contributed by atoms with van der Waals surface area (Å²) >= 11 is 0. The fourth-order valence-electron chi connectivity index (χ4n) is 6.26. The van der Waals surface area contributed by atoms with E-state index in [0.717, 1.165) is 59.0 Å². The monoisotopic (exact) mass is 530 g/mol. The van der Waals surface area contributed by atoms with Gasteiger partial charge in [-0.1, -0.05) is 6.07 Å². The summed E-state index contributed by atoms with van der Waals surface area (Å²) in [5.41, 5.74) is 7.17. The van der Waals surface area contributed by atoms with Gasteiger partial charge in [-0.05, 0) is 93.3 Å². The molecule has 2 atom stereocenters. The Labute approximate surface area is 229 Å². The molecule has 1 N–H and O–H groups in total. The highest BCUT2D eigenvalue weighted by Gasteiger charge is 2.37. The molecule has 0 spiro atoms. The Morgan fingerprint density at radius 2 is 1.97 bits per heavy atom. The molecule has 1 unspecified atom stereocenters. The van der Waals surface area contributed by atoms with Crippen molar-refractivity contribution in [3.8, 4) is 11.1 Å². The van der Waals surface area contributed by atoms with E-state index in [1.807, 2.05) is 43.0 Å². The standard InChI is InChI=1S/C31H38N4O4/c1-19-15-32-28-24(19)14-23(16-33-28)22-12-20-7-10-34(29(36)21-8-11-38-18-21)17-26(20)25(13-22)27-6-5-9-35(27)30(37)39-31(2,3)4/h12-16,21,27H,5-11,17-18H2,1-4H3,(H,32,33)/t21?,27-/m0/s1. The smallest absolute Gasteiger partial charge is 0.410 e. The number of aromatic amines is 1. The van der Waals surface area contributed by atoms with Gasteiger partial charge in [-0.25, -0.2) is 9.78 Å². The molecule has 8 heteroatoms. The normalized spacial score (nSPS) is 21.4. The summed E-state index contributed by atoms with van der Waals surface area (Å²) in [6, 6.07) is 6.59. The number of hydrogen-bond acceptors (Lipinski definition) is 5. The van der Waals surface area contributed by atoms with E-state index >= 15 is 0 Å². The minimum Gasteiger partial charge on any atom is -0.444 e. The van der Waals surface area contributed by atoms with Gasteiger partial charge < -0.3 is 24.3 Å². The zero-order valence-corrected chi connectivity index (χ0v) is 23.4. The Bertz CT molecular complexity index is 1420.